The van der Waals surface area contributed by atoms with Crippen LogP contribution >= 0.6 is 0 Å². The molecule has 1 fully saturated rings. The fourth-order valence-electron chi connectivity index (χ4n) is 1.96. The molecule has 0 spiro atoms. The van der Waals surface area contributed by atoms with Crippen LogP contribution in [0, 0.1) is 11.2 Å². The van der Waals surface area contributed by atoms with Gasteiger partial charge in [-0.25, -0.2) is 17.5 Å². The van der Waals surface area contributed by atoms with Crippen LogP contribution < -0.4 is 4.72 Å². The number of nitrogens with one attached hydrogen (secondary N) is 1. The zero-order chi connectivity index (χ0) is 15.0. The molecule has 0 bridgehead atoms. The van der Waals surface area contributed by atoms with Crippen molar-refractivity contribution >= 4 is 16.0 Å². The average molecular weight is 303 g/mol. The number of benzene rings is 1. The van der Waals surface area contributed by atoms with Crippen molar-refractivity contribution in [2.75, 3.05) is 13.2 Å². The molecule has 20 heavy (non-hydrogen) atoms. The predicted molar refractivity (Wildman–Crippen MR) is 67.1 cm³/mol. The molecule has 2 N–H and O–H groups in total. The van der Waals surface area contributed by atoms with E-state index in [0.29, 0.717) is 0 Å². The lowest BCUT2D eigenvalue weighted by Crippen LogP contribution is -2.49. The Morgan fingerprint density at radius 1 is 1.50 bits per heavy atom. The lowest BCUT2D eigenvalue weighted by molar-refractivity contribution is -0.148. The topological polar surface area (TPSA) is 92.7 Å². The summed E-state index contributed by atoms with van der Waals surface area (Å²) in [6, 6.07) is 3.94. The minimum atomic E-state index is -4.15. The van der Waals surface area contributed by atoms with E-state index in [2.05, 4.69) is 4.72 Å². The first-order chi connectivity index (χ1) is 9.27. The minimum absolute atomic E-state index is 0.0729. The Bertz CT molecular complexity index is 632. The van der Waals surface area contributed by atoms with Gasteiger partial charge >= 0.3 is 5.97 Å². The SMILES string of the molecule is CC1(C(=O)O)COCC1NS(=O)(=O)c1ccccc1F. The highest BCUT2D eigenvalue weighted by atomic mass is 32.2. The summed E-state index contributed by atoms with van der Waals surface area (Å²) in [6.07, 6.45) is 0. The van der Waals surface area contributed by atoms with E-state index >= 15 is 0 Å². The van der Waals surface area contributed by atoms with Crippen molar-refractivity contribution < 1.29 is 27.4 Å². The second-order valence-corrected chi connectivity index (χ2v) is 6.52. The summed E-state index contributed by atoms with van der Waals surface area (Å²) in [5, 5.41) is 9.18. The number of ether oxygens (including phenoxy) is 1. The van der Waals surface area contributed by atoms with Crippen molar-refractivity contribution in [3.05, 3.63) is 30.1 Å². The van der Waals surface area contributed by atoms with E-state index in [1.54, 1.807) is 0 Å². The largest absolute Gasteiger partial charge is 0.481 e. The quantitative estimate of drug-likeness (QED) is 0.849. The lowest BCUT2D eigenvalue weighted by Gasteiger charge is -2.25. The van der Waals surface area contributed by atoms with Gasteiger partial charge in [0.25, 0.3) is 0 Å². The molecule has 1 aromatic carbocycles. The number of carbonyl (C=O) groups is 1. The second-order valence-electron chi connectivity index (χ2n) is 4.84. The second kappa shape index (κ2) is 5.12. The van der Waals surface area contributed by atoms with Gasteiger partial charge in [-0.15, -0.1) is 0 Å². The number of hydrogen-bond acceptors (Lipinski definition) is 4. The normalized spacial score (nSPS) is 26.6. The summed E-state index contributed by atoms with van der Waals surface area (Å²) >= 11 is 0. The molecule has 0 aliphatic carbocycles. The number of rotatable bonds is 4. The molecule has 0 saturated carbocycles. The van der Waals surface area contributed by atoms with Crippen molar-refractivity contribution in [2.45, 2.75) is 17.9 Å². The van der Waals surface area contributed by atoms with Gasteiger partial charge in [0.1, 0.15) is 16.1 Å². The van der Waals surface area contributed by atoms with Gasteiger partial charge in [0, 0.05) is 0 Å². The number of carboxylic acid groups (broad SMARTS) is 1. The molecule has 8 heteroatoms. The summed E-state index contributed by atoms with van der Waals surface area (Å²) in [4.78, 5) is 10.7. The third kappa shape index (κ3) is 2.54. The maximum absolute atomic E-state index is 13.5. The molecule has 1 aliphatic rings. The fraction of sp³-hybridized carbons (Fsp3) is 0.417. The van der Waals surface area contributed by atoms with Crippen LogP contribution in [0.5, 0.6) is 0 Å². The summed E-state index contributed by atoms with van der Waals surface area (Å²) in [6.45, 7) is 1.21. The summed E-state index contributed by atoms with van der Waals surface area (Å²) in [5.41, 5.74) is -1.38. The van der Waals surface area contributed by atoms with Gasteiger partial charge in [0.05, 0.1) is 19.3 Å². The fourth-order valence-corrected chi connectivity index (χ4v) is 3.37. The molecule has 2 rings (SSSR count). The van der Waals surface area contributed by atoms with E-state index in [1.807, 2.05) is 0 Å². The van der Waals surface area contributed by atoms with Crippen molar-refractivity contribution in [3.63, 3.8) is 0 Å². The zero-order valence-corrected chi connectivity index (χ0v) is 11.5. The Morgan fingerprint density at radius 2 is 2.15 bits per heavy atom. The summed E-state index contributed by atoms with van der Waals surface area (Å²) < 4.78 is 45.0. The van der Waals surface area contributed by atoms with Crippen molar-refractivity contribution in [2.24, 2.45) is 5.41 Å². The van der Waals surface area contributed by atoms with E-state index in [0.717, 1.165) is 12.1 Å². The van der Waals surface area contributed by atoms with Crippen LogP contribution in [-0.2, 0) is 19.6 Å². The van der Waals surface area contributed by atoms with Crippen LogP contribution in [-0.4, -0.2) is 38.7 Å². The highest BCUT2D eigenvalue weighted by Gasteiger charge is 2.48. The molecule has 1 saturated heterocycles. The molecule has 1 aromatic rings. The summed E-state index contributed by atoms with van der Waals surface area (Å²) in [7, 11) is -4.15. The van der Waals surface area contributed by atoms with E-state index in [1.165, 1.54) is 19.1 Å². The standard InChI is InChI=1S/C12H14FNO5S/c1-12(11(15)16)7-19-6-10(12)14-20(17,18)9-5-3-2-4-8(9)13/h2-5,10,14H,6-7H2,1H3,(H,15,16). The minimum Gasteiger partial charge on any atom is -0.481 e. The zero-order valence-electron chi connectivity index (χ0n) is 10.7. The van der Waals surface area contributed by atoms with Crippen LogP contribution in [0.4, 0.5) is 4.39 Å². The van der Waals surface area contributed by atoms with E-state index in [4.69, 9.17) is 4.74 Å². The monoisotopic (exact) mass is 303 g/mol. The van der Waals surface area contributed by atoms with Gasteiger partial charge in [-0.3, -0.25) is 4.79 Å². The average Bonchev–Trinajstić information content (AvgIpc) is 2.72. The van der Waals surface area contributed by atoms with Crippen molar-refractivity contribution in [1.82, 2.24) is 4.72 Å². The molecule has 2 atom stereocenters. The van der Waals surface area contributed by atoms with Crippen LogP contribution in [0.25, 0.3) is 0 Å². The van der Waals surface area contributed by atoms with Gasteiger partial charge in [0.15, 0.2) is 0 Å². The van der Waals surface area contributed by atoms with Crippen molar-refractivity contribution in [3.8, 4) is 0 Å². The maximum Gasteiger partial charge on any atom is 0.313 e. The molecular weight excluding hydrogens is 289 g/mol. The number of aliphatic carboxylic acids is 1. The summed E-state index contributed by atoms with van der Waals surface area (Å²) in [5.74, 6) is -2.06. The Hall–Kier alpha value is -1.51. The van der Waals surface area contributed by atoms with E-state index in [9.17, 15) is 22.7 Å². The van der Waals surface area contributed by atoms with Gasteiger partial charge in [-0.05, 0) is 19.1 Å². The molecular formula is C12H14FNO5S. The number of carboxylic acids is 1. The van der Waals surface area contributed by atoms with Gasteiger partial charge in [0.2, 0.25) is 10.0 Å². The van der Waals surface area contributed by atoms with Crippen LogP contribution in [0.2, 0.25) is 0 Å². The Balaban J connectivity index is 2.30. The number of hydrogen-bond donors (Lipinski definition) is 2. The molecule has 0 radical (unpaired) electrons. The highest BCUT2D eigenvalue weighted by molar-refractivity contribution is 7.89. The Labute approximate surface area is 115 Å². The third-order valence-corrected chi connectivity index (χ3v) is 4.87. The van der Waals surface area contributed by atoms with Crippen LogP contribution in [0.15, 0.2) is 29.2 Å². The van der Waals surface area contributed by atoms with Crippen LogP contribution in [0.1, 0.15) is 6.92 Å². The predicted octanol–water partition coefficient (Wildman–Crippen LogP) is 0.594. The van der Waals surface area contributed by atoms with E-state index < -0.39 is 38.2 Å². The Morgan fingerprint density at radius 3 is 2.75 bits per heavy atom. The molecule has 6 nitrogen and oxygen atoms in total. The third-order valence-electron chi connectivity index (χ3n) is 3.37. The maximum atomic E-state index is 13.5. The van der Waals surface area contributed by atoms with Gasteiger partial charge < -0.3 is 9.84 Å². The molecule has 0 aromatic heterocycles. The van der Waals surface area contributed by atoms with E-state index in [-0.39, 0.29) is 13.2 Å². The first-order valence-corrected chi connectivity index (χ1v) is 7.34. The molecule has 0 amide bonds. The smallest absolute Gasteiger partial charge is 0.313 e. The van der Waals surface area contributed by atoms with Gasteiger partial charge in [-0.2, -0.15) is 0 Å². The lowest BCUT2D eigenvalue weighted by atomic mass is 9.86. The molecule has 1 aliphatic heterocycles. The molecule has 2 unspecified atom stereocenters. The van der Waals surface area contributed by atoms with Crippen LogP contribution in [0.3, 0.4) is 0 Å². The Kier molecular flexibility index (Phi) is 3.81. The molecule has 110 valence electrons. The number of halogens is 1. The highest BCUT2D eigenvalue weighted by Crippen LogP contribution is 2.30. The van der Waals surface area contributed by atoms with Crippen molar-refractivity contribution in [1.29, 1.82) is 0 Å². The number of sulfonamides is 1. The first-order valence-electron chi connectivity index (χ1n) is 5.85. The first kappa shape index (κ1) is 14.9. The van der Waals surface area contributed by atoms with Gasteiger partial charge in [-0.1, -0.05) is 12.1 Å². The molecule has 1 heterocycles.